The molecule has 2 aliphatic heterocycles. The summed E-state index contributed by atoms with van der Waals surface area (Å²) in [6, 6.07) is 21.9. The second-order valence-electron chi connectivity index (χ2n) is 11.3. The Kier molecular flexibility index (Phi) is 8.59. The summed E-state index contributed by atoms with van der Waals surface area (Å²) in [6.45, 7) is 11.7. The Labute approximate surface area is 218 Å². The van der Waals surface area contributed by atoms with Crippen LogP contribution in [0.4, 0.5) is 0 Å². The van der Waals surface area contributed by atoms with Crippen LogP contribution in [0.1, 0.15) is 84.3 Å². The van der Waals surface area contributed by atoms with Crippen LogP contribution in [0.5, 0.6) is 0 Å². The van der Waals surface area contributed by atoms with E-state index in [1.165, 1.54) is 79.4 Å². The summed E-state index contributed by atoms with van der Waals surface area (Å²) in [7, 11) is -2.65. The van der Waals surface area contributed by atoms with Crippen LogP contribution in [0.25, 0.3) is 10.9 Å². The van der Waals surface area contributed by atoms with Crippen molar-refractivity contribution in [3.05, 3.63) is 80.7 Å². The fourth-order valence-corrected chi connectivity index (χ4v) is 37.9. The maximum atomic E-state index is 15.8. The summed E-state index contributed by atoms with van der Waals surface area (Å²) in [5, 5.41) is 1.24. The maximum absolute atomic E-state index is 15.8. The second-order valence-corrected chi connectivity index (χ2v) is 28.2. The van der Waals surface area contributed by atoms with Crippen molar-refractivity contribution in [2.45, 2.75) is 86.5 Å². The van der Waals surface area contributed by atoms with E-state index < -0.39 is 25.5 Å². The Balaban J connectivity index is 2.04. The molecule has 0 saturated heterocycles. The van der Waals surface area contributed by atoms with Crippen LogP contribution in [-0.4, -0.2) is 24.5 Å². The van der Waals surface area contributed by atoms with E-state index in [4.69, 9.17) is 0 Å². The number of rotatable bonds is 12. The molecular weight excluding hydrogens is 550 g/mol. The Bertz CT molecular complexity index is 1110. The molecule has 0 aromatic heterocycles. The summed E-state index contributed by atoms with van der Waals surface area (Å²) < 4.78 is 21.5. The molecule has 2 bridgehead atoms. The first kappa shape index (κ1) is 27.0. The van der Waals surface area contributed by atoms with Gasteiger partial charge >= 0.3 is 220 Å². The van der Waals surface area contributed by atoms with E-state index in [0.29, 0.717) is 0 Å². The van der Waals surface area contributed by atoms with Crippen molar-refractivity contribution in [3.8, 4) is 0 Å². The molecule has 3 heteroatoms. The van der Waals surface area contributed by atoms with E-state index in [9.17, 15) is 0 Å². The number of allylic oxidation sites excluding steroid dienone is 2. The molecule has 2 atom stereocenters. The number of unbranched alkanes of at least 4 members (excludes halogenated alkanes) is 3. The average molecular weight is 595 g/mol. The van der Waals surface area contributed by atoms with Crippen LogP contribution < -0.4 is 0 Å². The van der Waals surface area contributed by atoms with Crippen molar-refractivity contribution >= 4 is 36.4 Å². The molecule has 2 aromatic carbocycles. The van der Waals surface area contributed by atoms with Gasteiger partial charge < -0.3 is 0 Å². The van der Waals surface area contributed by atoms with Gasteiger partial charge in [-0.05, 0) is 0 Å². The van der Waals surface area contributed by atoms with E-state index >= 15 is 4.57 Å². The third-order valence-electron chi connectivity index (χ3n) is 8.87. The topological polar surface area (TPSA) is 17.1 Å². The Hall–Kier alpha value is -1.05. The van der Waals surface area contributed by atoms with Crippen LogP contribution in [0.2, 0.25) is 13.3 Å². The zero-order valence-corrected chi connectivity index (χ0v) is 26.4. The van der Waals surface area contributed by atoms with Gasteiger partial charge in [0.2, 0.25) is 0 Å². The molecule has 0 N–H and O–H groups in total. The molecule has 0 radical (unpaired) electrons. The third-order valence-corrected chi connectivity index (χ3v) is 33.3. The second kappa shape index (κ2) is 11.1. The SMILES string of the molecule is CCC[CH2][Sn]([CH2]CCC)([CH2]CCC)[C]1=C(c2ccccc2)C2(C)CP1(=O)C(c1ccccc1)=C2C. The summed E-state index contributed by atoms with van der Waals surface area (Å²) in [5.41, 5.74) is 5.33. The summed E-state index contributed by atoms with van der Waals surface area (Å²) >= 11 is -2.99. The Morgan fingerprint density at radius 1 is 0.771 bits per heavy atom. The number of hydrogen-bond donors (Lipinski definition) is 0. The molecule has 0 saturated carbocycles. The standard InChI is InChI=1S/C20H18OP.3C4H9.Sn/c1-15-19(17-11-7-4-8-12-17)22(21)13-18(20(15,2)14-22)16-9-5-3-6-10-16;3*1-3-4-2;/h3-12H,14H2,1-2H3;3*1,3-4H2,2H3;. The van der Waals surface area contributed by atoms with Gasteiger partial charge in [-0.2, -0.15) is 0 Å². The Morgan fingerprint density at radius 2 is 1.23 bits per heavy atom. The predicted molar refractivity (Wildman–Crippen MR) is 158 cm³/mol. The van der Waals surface area contributed by atoms with Crippen molar-refractivity contribution in [3.63, 3.8) is 0 Å². The summed E-state index contributed by atoms with van der Waals surface area (Å²) in [5.74, 6) is 0. The molecule has 2 unspecified atom stereocenters. The first-order valence-electron chi connectivity index (χ1n) is 14.1. The summed E-state index contributed by atoms with van der Waals surface area (Å²) in [6.07, 6.45) is 8.46. The molecule has 2 heterocycles. The zero-order chi connectivity index (χ0) is 25.1. The van der Waals surface area contributed by atoms with Gasteiger partial charge in [0.15, 0.2) is 0 Å². The van der Waals surface area contributed by atoms with E-state index in [1.54, 1.807) is 3.33 Å². The van der Waals surface area contributed by atoms with E-state index in [1.807, 2.05) is 0 Å². The molecule has 188 valence electrons. The van der Waals surface area contributed by atoms with E-state index in [0.717, 1.165) is 6.16 Å². The van der Waals surface area contributed by atoms with Crippen molar-refractivity contribution in [1.82, 2.24) is 0 Å². The minimum atomic E-state index is -2.99. The van der Waals surface area contributed by atoms with E-state index in [-0.39, 0.29) is 5.41 Å². The molecule has 0 spiro atoms. The minimum absolute atomic E-state index is 0.107. The first-order valence-corrected chi connectivity index (χ1v) is 23.4. The monoisotopic (exact) mass is 596 g/mol. The van der Waals surface area contributed by atoms with Crippen molar-refractivity contribution < 1.29 is 4.57 Å². The van der Waals surface area contributed by atoms with E-state index in [2.05, 4.69) is 95.3 Å². The van der Waals surface area contributed by atoms with Crippen LogP contribution in [0, 0.1) is 5.41 Å². The average Bonchev–Trinajstić information content (AvgIpc) is 3.25. The molecule has 1 nitrogen and oxygen atoms in total. The molecule has 35 heavy (non-hydrogen) atoms. The molecular formula is C32H45OPSn. The zero-order valence-electron chi connectivity index (χ0n) is 22.7. The molecule has 0 amide bonds. The molecule has 2 aliphatic rings. The Morgan fingerprint density at radius 3 is 1.69 bits per heavy atom. The van der Waals surface area contributed by atoms with Gasteiger partial charge in [-0.25, -0.2) is 0 Å². The van der Waals surface area contributed by atoms with Crippen LogP contribution in [0.3, 0.4) is 0 Å². The number of hydrogen-bond acceptors (Lipinski definition) is 1. The molecule has 0 fully saturated rings. The van der Waals surface area contributed by atoms with Crippen LogP contribution in [-0.2, 0) is 4.57 Å². The normalized spacial score (nSPS) is 24.0. The number of fused-ring (bicyclic) bond motifs is 2. The van der Waals surface area contributed by atoms with Gasteiger partial charge in [0.1, 0.15) is 0 Å². The van der Waals surface area contributed by atoms with Gasteiger partial charge in [-0.15, -0.1) is 0 Å². The molecule has 0 aliphatic carbocycles. The van der Waals surface area contributed by atoms with Crippen molar-refractivity contribution in [1.29, 1.82) is 0 Å². The van der Waals surface area contributed by atoms with Gasteiger partial charge in [0, 0.05) is 0 Å². The van der Waals surface area contributed by atoms with Gasteiger partial charge in [0.25, 0.3) is 0 Å². The fraction of sp³-hybridized carbons (Fsp3) is 0.500. The third kappa shape index (κ3) is 4.70. The van der Waals surface area contributed by atoms with Gasteiger partial charge in [0.05, 0.1) is 0 Å². The quantitative estimate of drug-likeness (QED) is 0.176. The van der Waals surface area contributed by atoms with Gasteiger partial charge in [-0.3, -0.25) is 0 Å². The fourth-order valence-electron chi connectivity index (χ4n) is 7.08. The van der Waals surface area contributed by atoms with Crippen LogP contribution in [0.15, 0.2) is 69.6 Å². The predicted octanol–water partition coefficient (Wildman–Crippen LogP) is 10.6. The number of benzene rings is 2. The van der Waals surface area contributed by atoms with Crippen molar-refractivity contribution in [2.75, 3.05) is 6.16 Å². The van der Waals surface area contributed by atoms with Crippen LogP contribution >= 0.6 is 7.14 Å². The molecule has 4 rings (SSSR count). The first-order chi connectivity index (χ1) is 16.9. The van der Waals surface area contributed by atoms with Crippen molar-refractivity contribution in [2.24, 2.45) is 5.41 Å². The molecule has 2 aromatic rings. The summed E-state index contributed by atoms with van der Waals surface area (Å²) in [4.78, 5) is 0. The van der Waals surface area contributed by atoms with Gasteiger partial charge in [-0.1, -0.05) is 0 Å².